The minimum absolute atomic E-state index is 0.654. The summed E-state index contributed by atoms with van der Waals surface area (Å²) in [6, 6.07) is 10.4. The van der Waals surface area contributed by atoms with E-state index in [0.717, 1.165) is 69.0 Å². The maximum absolute atomic E-state index is 5.89. The number of ether oxygens (including phenoxy) is 1. The first-order chi connectivity index (χ1) is 14.7. The number of fused-ring (bicyclic) bond motifs is 1. The largest absolute Gasteiger partial charge is 0.474 e. The minimum Gasteiger partial charge on any atom is -0.474 e. The van der Waals surface area contributed by atoms with Crippen molar-refractivity contribution in [2.45, 2.75) is 6.54 Å². The van der Waals surface area contributed by atoms with Gasteiger partial charge in [0, 0.05) is 52.1 Å². The van der Waals surface area contributed by atoms with Crippen molar-refractivity contribution in [3.05, 3.63) is 35.9 Å². The first-order valence-corrected chi connectivity index (χ1v) is 11.5. The number of nitrogens with zero attached hydrogens (tertiary/aromatic N) is 5. The molecule has 0 atom stereocenters. The van der Waals surface area contributed by atoms with Gasteiger partial charge in [0.2, 0.25) is 11.8 Å². The maximum Gasteiger partial charge on any atom is 0.244 e. The lowest BCUT2D eigenvalue weighted by atomic mass is 10.2. The van der Waals surface area contributed by atoms with Gasteiger partial charge in [0.1, 0.15) is 12.3 Å². The van der Waals surface area contributed by atoms with Crippen LogP contribution in [0.25, 0.3) is 0 Å². The van der Waals surface area contributed by atoms with Gasteiger partial charge < -0.3 is 24.8 Å². The van der Waals surface area contributed by atoms with Gasteiger partial charge in [0.05, 0.1) is 6.54 Å². The van der Waals surface area contributed by atoms with E-state index in [1.807, 2.05) is 6.07 Å². The second-order valence-electron chi connectivity index (χ2n) is 7.67. The van der Waals surface area contributed by atoms with Crippen LogP contribution >= 0.6 is 11.9 Å². The molecule has 3 heterocycles. The highest BCUT2D eigenvalue weighted by Gasteiger charge is 2.26. The molecule has 0 amide bonds. The monoisotopic (exact) mass is 429 g/mol. The molecule has 2 aliphatic heterocycles. The fourth-order valence-corrected chi connectivity index (χ4v) is 4.17. The van der Waals surface area contributed by atoms with Crippen LogP contribution < -0.4 is 24.6 Å². The van der Waals surface area contributed by atoms with E-state index >= 15 is 0 Å². The number of aromatic nitrogens is 2. The maximum atomic E-state index is 5.89. The second-order valence-corrected chi connectivity index (χ2v) is 8.65. The van der Waals surface area contributed by atoms with Crippen molar-refractivity contribution in [3.8, 4) is 5.88 Å². The molecule has 8 nitrogen and oxygen atoms in total. The normalized spacial score (nSPS) is 16.9. The number of likely N-dealkylation sites (N-methyl/N-ethyl adjacent to an activating group) is 2. The summed E-state index contributed by atoms with van der Waals surface area (Å²) in [5.74, 6) is 3.24. The Bertz CT molecular complexity index is 815. The molecule has 1 saturated heterocycles. The third-order valence-corrected chi connectivity index (χ3v) is 6.15. The van der Waals surface area contributed by atoms with Gasteiger partial charge in [0.15, 0.2) is 5.82 Å². The van der Waals surface area contributed by atoms with Crippen LogP contribution in [0.4, 0.5) is 17.5 Å². The molecule has 1 fully saturated rings. The first-order valence-electron chi connectivity index (χ1n) is 10.5. The summed E-state index contributed by atoms with van der Waals surface area (Å²) in [6.45, 7) is 7.08. The zero-order chi connectivity index (χ0) is 20.8. The average molecular weight is 430 g/mol. The highest BCUT2D eigenvalue weighted by atomic mass is 32.2. The van der Waals surface area contributed by atoms with Crippen molar-refractivity contribution in [1.82, 2.24) is 19.6 Å². The molecule has 2 N–H and O–H groups in total. The van der Waals surface area contributed by atoms with E-state index in [-0.39, 0.29) is 0 Å². The standard InChI is InChI=1S/C21H31N7OS/c1-26-9-11-28(12-10-26)21-24-19(18-20(25-21)29-14-13-27(18)2)22-8-15-30-23-16-17-6-4-3-5-7-17/h3-7,23H,8-16H2,1-2H3,(H,22,24,25). The molecule has 2 aromatic rings. The summed E-state index contributed by atoms with van der Waals surface area (Å²) < 4.78 is 9.32. The van der Waals surface area contributed by atoms with Crippen molar-refractivity contribution in [1.29, 1.82) is 0 Å². The molecule has 0 aliphatic carbocycles. The summed E-state index contributed by atoms with van der Waals surface area (Å²) in [6.07, 6.45) is 0. The van der Waals surface area contributed by atoms with Gasteiger partial charge in [-0.1, -0.05) is 42.3 Å². The number of rotatable bonds is 8. The molecule has 4 rings (SSSR count). The Balaban J connectivity index is 1.36. The fraction of sp³-hybridized carbons (Fsp3) is 0.524. The molecule has 1 aromatic carbocycles. The van der Waals surface area contributed by atoms with E-state index < -0.39 is 0 Å². The van der Waals surface area contributed by atoms with E-state index in [9.17, 15) is 0 Å². The van der Waals surface area contributed by atoms with Crippen molar-refractivity contribution >= 4 is 29.4 Å². The van der Waals surface area contributed by atoms with Crippen LogP contribution in [-0.2, 0) is 6.54 Å². The summed E-state index contributed by atoms with van der Waals surface area (Å²) in [5, 5.41) is 3.52. The van der Waals surface area contributed by atoms with E-state index in [1.165, 1.54) is 5.56 Å². The SMILES string of the molecule is CN1CCN(c2nc(NCCSNCc3ccccc3)c3c(n2)OCCN3C)CC1. The molecule has 30 heavy (non-hydrogen) atoms. The van der Waals surface area contributed by atoms with Gasteiger partial charge in [-0.3, -0.25) is 4.72 Å². The number of anilines is 3. The van der Waals surface area contributed by atoms with Gasteiger partial charge in [-0.05, 0) is 12.6 Å². The van der Waals surface area contributed by atoms with Crippen molar-refractivity contribution < 1.29 is 4.74 Å². The Kier molecular flexibility index (Phi) is 7.14. The third kappa shape index (κ3) is 5.27. The third-order valence-electron chi connectivity index (χ3n) is 5.39. The van der Waals surface area contributed by atoms with Gasteiger partial charge in [-0.25, -0.2) is 0 Å². The molecular weight excluding hydrogens is 398 g/mol. The van der Waals surface area contributed by atoms with Crippen molar-refractivity contribution in [3.63, 3.8) is 0 Å². The predicted molar refractivity (Wildman–Crippen MR) is 125 cm³/mol. The number of piperazine rings is 1. The molecule has 0 bridgehead atoms. The summed E-state index contributed by atoms with van der Waals surface area (Å²) in [5.41, 5.74) is 2.25. The number of nitrogens with one attached hydrogen (secondary N) is 2. The molecule has 9 heteroatoms. The van der Waals surface area contributed by atoms with Crippen LogP contribution in [0.1, 0.15) is 5.56 Å². The van der Waals surface area contributed by atoms with Gasteiger partial charge >= 0.3 is 0 Å². The highest BCUT2D eigenvalue weighted by Crippen LogP contribution is 2.36. The van der Waals surface area contributed by atoms with Crippen LogP contribution in [0.15, 0.2) is 30.3 Å². The number of hydrogen-bond acceptors (Lipinski definition) is 9. The quantitative estimate of drug-likeness (QED) is 0.484. The van der Waals surface area contributed by atoms with Gasteiger partial charge in [0.25, 0.3) is 0 Å². The molecular formula is C21H31N7OS. The Morgan fingerprint density at radius 2 is 1.83 bits per heavy atom. The summed E-state index contributed by atoms with van der Waals surface area (Å²) in [4.78, 5) is 16.4. The second kappa shape index (κ2) is 10.2. The first kappa shape index (κ1) is 21.0. The van der Waals surface area contributed by atoms with Crippen molar-refractivity contribution in [2.75, 3.05) is 80.8 Å². The smallest absolute Gasteiger partial charge is 0.244 e. The zero-order valence-electron chi connectivity index (χ0n) is 17.8. The molecule has 1 aromatic heterocycles. The van der Waals surface area contributed by atoms with Crippen LogP contribution in [0.5, 0.6) is 5.88 Å². The van der Waals surface area contributed by atoms with E-state index in [2.05, 4.69) is 63.1 Å². The van der Waals surface area contributed by atoms with Crippen LogP contribution in [0, 0.1) is 0 Å². The highest BCUT2D eigenvalue weighted by molar-refractivity contribution is 7.97. The zero-order valence-corrected chi connectivity index (χ0v) is 18.6. The molecule has 0 spiro atoms. The van der Waals surface area contributed by atoms with Gasteiger partial charge in [-0.15, -0.1) is 0 Å². The van der Waals surface area contributed by atoms with E-state index in [1.54, 1.807) is 11.9 Å². The van der Waals surface area contributed by atoms with Crippen LogP contribution in [0.3, 0.4) is 0 Å². The van der Waals surface area contributed by atoms with E-state index in [4.69, 9.17) is 14.7 Å². The molecule has 0 radical (unpaired) electrons. The van der Waals surface area contributed by atoms with Crippen LogP contribution in [-0.4, -0.2) is 80.6 Å². The molecule has 0 unspecified atom stereocenters. The van der Waals surface area contributed by atoms with E-state index in [0.29, 0.717) is 12.5 Å². The minimum atomic E-state index is 0.654. The lowest BCUT2D eigenvalue weighted by Crippen LogP contribution is -2.45. The Labute approximate surface area is 183 Å². The Morgan fingerprint density at radius 3 is 2.63 bits per heavy atom. The fourth-order valence-electron chi connectivity index (χ4n) is 3.55. The lowest BCUT2D eigenvalue weighted by Gasteiger charge is -2.34. The predicted octanol–water partition coefficient (Wildman–Crippen LogP) is 1.91. The molecule has 162 valence electrons. The average Bonchev–Trinajstić information content (AvgIpc) is 2.77. The topological polar surface area (TPSA) is 68.8 Å². The van der Waals surface area contributed by atoms with Crippen molar-refractivity contribution in [2.24, 2.45) is 0 Å². The summed E-state index contributed by atoms with van der Waals surface area (Å²) in [7, 11) is 4.22. The number of benzene rings is 1. The lowest BCUT2D eigenvalue weighted by molar-refractivity contribution is 0.295. The Morgan fingerprint density at radius 1 is 1.03 bits per heavy atom. The number of hydrogen-bond donors (Lipinski definition) is 2. The molecule has 2 aliphatic rings. The summed E-state index contributed by atoms with van der Waals surface area (Å²) >= 11 is 1.72. The van der Waals surface area contributed by atoms with Crippen LogP contribution in [0.2, 0.25) is 0 Å². The Hall–Kier alpha value is -2.23. The van der Waals surface area contributed by atoms with Gasteiger partial charge in [-0.2, -0.15) is 9.97 Å². The molecule has 0 saturated carbocycles.